The summed E-state index contributed by atoms with van der Waals surface area (Å²) in [7, 11) is 6.43. The predicted molar refractivity (Wildman–Crippen MR) is 153 cm³/mol. The quantitative estimate of drug-likeness (QED) is 0.363. The summed E-state index contributed by atoms with van der Waals surface area (Å²) < 4.78 is 0. The molecule has 194 valence electrons. The van der Waals surface area contributed by atoms with Gasteiger partial charge in [0.05, 0.1) is 22.2 Å². The number of fused-ring (bicyclic) bond motifs is 2. The number of anilines is 2. The number of aromatic nitrogens is 3. The monoisotopic (exact) mass is 519 g/mol. The van der Waals surface area contributed by atoms with Crippen LogP contribution in [0, 0.1) is 0 Å². The van der Waals surface area contributed by atoms with Crippen molar-refractivity contribution in [1.82, 2.24) is 24.8 Å². The van der Waals surface area contributed by atoms with Crippen molar-refractivity contribution >= 4 is 44.9 Å². The Morgan fingerprint density at radius 3 is 2.59 bits per heavy atom. The average molecular weight is 520 g/mol. The lowest BCUT2D eigenvalue weighted by Crippen LogP contribution is -2.37. The number of piperidine rings is 1. The number of pyridine rings is 1. The molecule has 0 saturated carbocycles. The molecule has 9 heteroatoms. The maximum atomic E-state index is 13.5. The second kappa shape index (κ2) is 9.67. The van der Waals surface area contributed by atoms with E-state index >= 15 is 0 Å². The van der Waals surface area contributed by atoms with Gasteiger partial charge in [-0.25, -0.2) is 4.98 Å². The van der Waals surface area contributed by atoms with Crippen molar-refractivity contribution in [2.24, 2.45) is 0 Å². The van der Waals surface area contributed by atoms with Crippen LogP contribution in [0.3, 0.4) is 0 Å². The van der Waals surface area contributed by atoms with E-state index in [-0.39, 0.29) is 11.6 Å². The Kier molecular flexibility index (Phi) is 6.34. The summed E-state index contributed by atoms with van der Waals surface area (Å²) >= 11 is 6.41. The van der Waals surface area contributed by atoms with Crippen molar-refractivity contribution in [3.8, 4) is 11.4 Å². The lowest BCUT2D eigenvalue weighted by Gasteiger charge is -2.31. The molecule has 2 aliphatic rings. The number of aromatic amines is 2. The second-order valence-electron chi connectivity index (χ2n) is 10.8. The predicted octanol–water partition coefficient (Wildman–Crippen LogP) is 4.37. The van der Waals surface area contributed by atoms with Crippen LogP contribution in [0.2, 0.25) is 5.02 Å². The molecule has 0 unspecified atom stereocenters. The van der Waals surface area contributed by atoms with Crippen LogP contribution < -0.4 is 15.8 Å². The first-order chi connectivity index (χ1) is 17.9. The van der Waals surface area contributed by atoms with E-state index in [1.807, 2.05) is 18.2 Å². The zero-order valence-corrected chi connectivity index (χ0v) is 22.4. The molecule has 37 heavy (non-hydrogen) atoms. The molecule has 1 atom stereocenters. The summed E-state index contributed by atoms with van der Waals surface area (Å²) in [5, 5.41) is 5.25. The number of likely N-dealkylation sites (N-methyl/N-ethyl adjacent to an activating group) is 1. The average Bonchev–Trinajstić information content (AvgIpc) is 3.53. The molecule has 2 aliphatic heterocycles. The van der Waals surface area contributed by atoms with Crippen molar-refractivity contribution in [3.63, 3.8) is 0 Å². The van der Waals surface area contributed by atoms with Gasteiger partial charge in [0.15, 0.2) is 0 Å². The van der Waals surface area contributed by atoms with Crippen molar-refractivity contribution in [2.75, 3.05) is 57.5 Å². The van der Waals surface area contributed by atoms with Gasteiger partial charge in [0.2, 0.25) is 0 Å². The lowest BCUT2D eigenvalue weighted by molar-refractivity contribution is 0.264. The fourth-order valence-corrected chi connectivity index (χ4v) is 5.88. The number of imidazole rings is 1. The molecule has 2 aromatic carbocycles. The van der Waals surface area contributed by atoms with E-state index in [2.05, 4.69) is 63.3 Å². The summed E-state index contributed by atoms with van der Waals surface area (Å²) in [6.45, 7) is 4.08. The highest BCUT2D eigenvalue weighted by atomic mass is 35.5. The largest absolute Gasteiger partial charge is 0.381 e. The maximum absolute atomic E-state index is 13.5. The summed E-state index contributed by atoms with van der Waals surface area (Å²) in [6.07, 6.45) is 3.18. The smallest absolute Gasteiger partial charge is 0.261 e. The van der Waals surface area contributed by atoms with Crippen LogP contribution in [0.4, 0.5) is 11.4 Å². The SMILES string of the molecule is CN1CCC(Nc2c(-c3nc4ccc(N5CC[C@@H](N(C)C)C5)cc4[nH]3)c(=O)[nH]c3ccc(Cl)cc23)CC1. The summed E-state index contributed by atoms with van der Waals surface area (Å²) in [6, 6.07) is 12.8. The first-order valence-electron chi connectivity index (χ1n) is 13.1. The first kappa shape index (κ1) is 24.3. The minimum atomic E-state index is -0.169. The molecule has 8 nitrogen and oxygen atoms in total. The molecule has 2 fully saturated rings. The van der Waals surface area contributed by atoms with Gasteiger partial charge < -0.3 is 30.0 Å². The molecule has 0 bridgehead atoms. The Labute approximate surface area is 221 Å². The number of halogens is 1. The molecule has 0 aliphatic carbocycles. The number of nitrogens with zero attached hydrogens (tertiary/aromatic N) is 4. The Bertz CT molecular complexity index is 1500. The van der Waals surface area contributed by atoms with Gasteiger partial charge in [-0.05, 0) is 89.9 Å². The van der Waals surface area contributed by atoms with Crippen LogP contribution in [0.25, 0.3) is 33.3 Å². The van der Waals surface area contributed by atoms with Crippen LogP contribution >= 0.6 is 11.6 Å². The Morgan fingerprint density at radius 2 is 1.84 bits per heavy atom. The zero-order valence-electron chi connectivity index (χ0n) is 21.6. The molecule has 3 N–H and O–H groups in total. The number of nitrogens with one attached hydrogen (secondary N) is 3. The Morgan fingerprint density at radius 1 is 1.03 bits per heavy atom. The van der Waals surface area contributed by atoms with Gasteiger partial charge >= 0.3 is 0 Å². The highest BCUT2D eigenvalue weighted by Crippen LogP contribution is 2.34. The third-order valence-corrected chi connectivity index (χ3v) is 8.24. The molecular weight excluding hydrogens is 486 g/mol. The second-order valence-corrected chi connectivity index (χ2v) is 11.2. The summed E-state index contributed by atoms with van der Waals surface area (Å²) in [4.78, 5) is 31.9. The van der Waals surface area contributed by atoms with E-state index in [0.717, 1.165) is 73.1 Å². The number of rotatable bonds is 5. The third-order valence-electron chi connectivity index (χ3n) is 8.00. The van der Waals surface area contributed by atoms with Crippen LogP contribution in [-0.2, 0) is 0 Å². The van der Waals surface area contributed by atoms with E-state index < -0.39 is 0 Å². The minimum absolute atomic E-state index is 0.169. The molecule has 0 amide bonds. The van der Waals surface area contributed by atoms with Gasteiger partial charge in [-0.1, -0.05) is 11.6 Å². The number of hydrogen-bond donors (Lipinski definition) is 3. The van der Waals surface area contributed by atoms with E-state index in [1.54, 1.807) is 6.07 Å². The summed E-state index contributed by atoms with van der Waals surface area (Å²) in [5.74, 6) is 0.568. The number of hydrogen-bond acceptors (Lipinski definition) is 6. The maximum Gasteiger partial charge on any atom is 0.261 e. The minimum Gasteiger partial charge on any atom is -0.381 e. The van der Waals surface area contributed by atoms with Crippen molar-refractivity contribution in [2.45, 2.75) is 31.3 Å². The van der Waals surface area contributed by atoms with Crippen LogP contribution in [0.5, 0.6) is 0 Å². The van der Waals surface area contributed by atoms with Gasteiger partial charge in [-0.2, -0.15) is 0 Å². The summed E-state index contributed by atoms with van der Waals surface area (Å²) in [5.41, 5.74) is 4.86. The van der Waals surface area contributed by atoms with E-state index in [4.69, 9.17) is 16.6 Å². The highest BCUT2D eigenvalue weighted by molar-refractivity contribution is 6.31. The van der Waals surface area contributed by atoms with Gasteiger partial charge in [0, 0.05) is 41.3 Å². The molecule has 0 radical (unpaired) electrons. The fraction of sp³-hybridized carbons (Fsp3) is 0.429. The van der Waals surface area contributed by atoms with Crippen LogP contribution in [-0.4, -0.2) is 84.2 Å². The Balaban J connectivity index is 1.42. The number of likely N-dealkylation sites (tertiary alicyclic amines) is 1. The van der Waals surface area contributed by atoms with E-state index in [0.29, 0.717) is 22.5 Å². The van der Waals surface area contributed by atoms with Crippen molar-refractivity contribution < 1.29 is 0 Å². The highest BCUT2D eigenvalue weighted by Gasteiger charge is 2.26. The third kappa shape index (κ3) is 4.69. The zero-order chi connectivity index (χ0) is 25.7. The van der Waals surface area contributed by atoms with Gasteiger partial charge in [-0.15, -0.1) is 0 Å². The normalized spacial score (nSPS) is 19.5. The molecule has 4 heterocycles. The molecule has 2 aromatic heterocycles. The van der Waals surface area contributed by atoms with Crippen LogP contribution in [0.15, 0.2) is 41.2 Å². The van der Waals surface area contributed by atoms with E-state index in [9.17, 15) is 4.79 Å². The molecule has 0 spiro atoms. The Hall–Kier alpha value is -3.07. The molecule has 4 aromatic rings. The molecule has 6 rings (SSSR count). The topological polar surface area (TPSA) is 83.3 Å². The van der Waals surface area contributed by atoms with Gasteiger partial charge in [0.1, 0.15) is 11.4 Å². The van der Waals surface area contributed by atoms with Crippen molar-refractivity contribution in [3.05, 3.63) is 51.8 Å². The van der Waals surface area contributed by atoms with E-state index in [1.165, 1.54) is 5.69 Å². The first-order valence-corrected chi connectivity index (χ1v) is 13.5. The number of H-pyrrole nitrogens is 2. The fourth-order valence-electron chi connectivity index (χ4n) is 5.71. The van der Waals surface area contributed by atoms with Crippen molar-refractivity contribution in [1.29, 1.82) is 0 Å². The van der Waals surface area contributed by atoms with Gasteiger partial charge in [0.25, 0.3) is 5.56 Å². The molecule has 2 saturated heterocycles. The molecular formula is C28H34ClN7O. The van der Waals surface area contributed by atoms with Crippen LogP contribution in [0.1, 0.15) is 19.3 Å². The standard InChI is InChI=1S/C28H34ClN7O/c1-34(2)20-10-13-36(16-20)19-5-7-23-24(15-19)32-27(31-23)25-26(30-18-8-11-35(3)12-9-18)21-14-17(29)4-6-22(21)33-28(25)37/h4-7,14-15,18,20H,8-13,16H2,1-3H3,(H,31,32)(H2,30,33,37)/t20-/m1/s1. The number of benzene rings is 2. The van der Waals surface area contributed by atoms with Gasteiger partial charge in [-0.3, -0.25) is 4.79 Å². The lowest BCUT2D eigenvalue weighted by atomic mass is 10.0.